The fourth-order valence-corrected chi connectivity index (χ4v) is 0.987. The molecule has 1 saturated heterocycles. The first kappa shape index (κ1) is 9.03. The maximum absolute atomic E-state index is 11.1. The molecule has 4 heteroatoms. The molecule has 0 saturated carbocycles. The Balaban J connectivity index is 2.28. The molecule has 0 radical (unpaired) electrons. The molecular weight excluding hydrogens is 160 g/mol. The van der Waals surface area contributed by atoms with Crippen molar-refractivity contribution in [2.75, 3.05) is 6.61 Å². The molecule has 1 aliphatic rings. The highest BCUT2D eigenvalue weighted by atomic mass is 16.6. The molecule has 1 rings (SSSR count). The van der Waals surface area contributed by atoms with E-state index in [0.29, 0.717) is 19.4 Å². The second kappa shape index (κ2) is 4.09. The van der Waals surface area contributed by atoms with Gasteiger partial charge >= 0.3 is 11.9 Å². The molecular formula is C8H12O4. The van der Waals surface area contributed by atoms with Gasteiger partial charge in [-0.1, -0.05) is 6.92 Å². The SMILES string of the molecule is CCCOC(=O)[C@@H]1CCC(=O)O1. The smallest absolute Gasteiger partial charge is 0.347 e. The fraction of sp³-hybridized carbons (Fsp3) is 0.750. The van der Waals surface area contributed by atoms with Gasteiger partial charge in [-0.15, -0.1) is 0 Å². The zero-order valence-corrected chi connectivity index (χ0v) is 7.04. The van der Waals surface area contributed by atoms with E-state index in [1.54, 1.807) is 0 Å². The molecule has 1 fully saturated rings. The van der Waals surface area contributed by atoms with Crippen molar-refractivity contribution in [3.05, 3.63) is 0 Å². The van der Waals surface area contributed by atoms with E-state index in [9.17, 15) is 9.59 Å². The van der Waals surface area contributed by atoms with Crippen molar-refractivity contribution in [2.24, 2.45) is 0 Å². The molecule has 0 aromatic heterocycles. The van der Waals surface area contributed by atoms with Gasteiger partial charge in [-0.3, -0.25) is 4.79 Å². The van der Waals surface area contributed by atoms with Gasteiger partial charge in [0.1, 0.15) is 0 Å². The van der Waals surface area contributed by atoms with Gasteiger partial charge in [-0.2, -0.15) is 0 Å². The van der Waals surface area contributed by atoms with Crippen molar-refractivity contribution < 1.29 is 19.1 Å². The Morgan fingerprint density at radius 3 is 3.00 bits per heavy atom. The van der Waals surface area contributed by atoms with Gasteiger partial charge < -0.3 is 9.47 Å². The molecule has 68 valence electrons. The van der Waals surface area contributed by atoms with E-state index in [2.05, 4.69) is 0 Å². The highest BCUT2D eigenvalue weighted by Gasteiger charge is 2.30. The molecule has 0 amide bonds. The topological polar surface area (TPSA) is 52.6 Å². The van der Waals surface area contributed by atoms with Crippen LogP contribution in [0.15, 0.2) is 0 Å². The normalized spacial score (nSPS) is 22.1. The summed E-state index contributed by atoms with van der Waals surface area (Å²) < 4.78 is 9.51. The molecule has 0 spiro atoms. The number of hydrogen-bond acceptors (Lipinski definition) is 4. The lowest BCUT2D eigenvalue weighted by Crippen LogP contribution is -2.23. The van der Waals surface area contributed by atoms with E-state index in [4.69, 9.17) is 9.47 Å². The number of ether oxygens (including phenoxy) is 2. The first-order valence-electron chi connectivity index (χ1n) is 4.10. The van der Waals surface area contributed by atoms with Crippen LogP contribution in [0.4, 0.5) is 0 Å². The summed E-state index contributed by atoms with van der Waals surface area (Å²) in [6, 6.07) is 0. The predicted octanol–water partition coefficient (Wildman–Crippen LogP) is 0.645. The van der Waals surface area contributed by atoms with Crippen molar-refractivity contribution in [1.82, 2.24) is 0 Å². The summed E-state index contributed by atoms with van der Waals surface area (Å²) in [7, 11) is 0. The van der Waals surface area contributed by atoms with Gasteiger partial charge in [-0.25, -0.2) is 4.79 Å². The van der Waals surface area contributed by atoms with Crippen LogP contribution in [0.25, 0.3) is 0 Å². The summed E-state index contributed by atoms with van der Waals surface area (Å²) in [6.07, 6.45) is 0.920. The van der Waals surface area contributed by atoms with Crippen LogP contribution in [0, 0.1) is 0 Å². The van der Waals surface area contributed by atoms with Crippen LogP contribution >= 0.6 is 0 Å². The van der Waals surface area contributed by atoms with Crippen LogP contribution in [0.1, 0.15) is 26.2 Å². The van der Waals surface area contributed by atoms with E-state index < -0.39 is 12.1 Å². The van der Waals surface area contributed by atoms with E-state index in [1.165, 1.54) is 0 Å². The van der Waals surface area contributed by atoms with Crippen molar-refractivity contribution in [2.45, 2.75) is 32.3 Å². The number of esters is 2. The van der Waals surface area contributed by atoms with Gasteiger partial charge in [0.25, 0.3) is 0 Å². The monoisotopic (exact) mass is 172 g/mol. The summed E-state index contributed by atoms with van der Waals surface area (Å²) in [4.78, 5) is 21.7. The molecule has 1 heterocycles. The second-order valence-corrected chi connectivity index (χ2v) is 2.68. The third kappa shape index (κ3) is 2.22. The third-order valence-corrected chi connectivity index (χ3v) is 1.60. The third-order valence-electron chi connectivity index (χ3n) is 1.60. The number of rotatable bonds is 3. The predicted molar refractivity (Wildman–Crippen MR) is 40.4 cm³/mol. The summed E-state index contributed by atoms with van der Waals surface area (Å²) in [6.45, 7) is 2.31. The van der Waals surface area contributed by atoms with Gasteiger partial charge in [0.15, 0.2) is 6.10 Å². The molecule has 0 aromatic rings. The molecule has 4 nitrogen and oxygen atoms in total. The van der Waals surface area contributed by atoms with Crippen molar-refractivity contribution in [3.8, 4) is 0 Å². The van der Waals surface area contributed by atoms with Crippen molar-refractivity contribution in [3.63, 3.8) is 0 Å². The van der Waals surface area contributed by atoms with Crippen LogP contribution in [0.3, 0.4) is 0 Å². The van der Waals surface area contributed by atoms with Crippen molar-refractivity contribution in [1.29, 1.82) is 0 Å². The van der Waals surface area contributed by atoms with Crippen LogP contribution < -0.4 is 0 Å². The first-order valence-corrected chi connectivity index (χ1v) is 4.10. The molecule has 0 N–H and O–H groups in total. The number of cyclic esters (lactones) is 1. The average molecular weight is 172 g/mol. The Kier molecular flexibility index (Phi) is 3.08. The van der Waals surface area contributed by atoms with Crippen LogP contribution in [-0.2, 0) is 19.1 Å². The molecule has 0 aromatic carbocycles. The number of carbonyl (C=O) groups excluding carboxylic acids is 2. The first-order chi connectivity index (χ1) is 5.74. The quantitative estimate of drug-likeness (QED) is 0.586. The number of hydrogen-bond donors (Lipinski definition) is 0. The van der Waals surface area contributed by atoms with E-state index in [-0.39, 0.29) is 5.97 Å². The number of carbonyl (C=O) groups is 2. The lowest BCUT2D eigenvalue weighted by atomic mass is 10.2. The Morgan fingerprint density at radius 1 is 1.75 bits per heavy atom. The highest BCUT2D eigenvalue weighted by molar-refractivity contribution is 5.82. The molecule has 12 heavy (non-hydrogen) atoms. The summed E-state index contributed by atoms with van der Waals surface area (Å²) in [5, 5.41) is 0. The summed E-state index contributed by atoms with van der Waals surface area (Å²) in [5.74, 6) is -0.726. The summed E-state index contributed by atoms with van der Waals surface area (Å²) >= 11 is 0. The maximum Gasteiger partial charge on any atom is 0.347 e. The Bertz CT molecular complexity index is 187. The van der Waals surface area contributed by atoms with Crippen LogP contribution in [0.2, 0.25) is 0 Å². The summed E-state index contributed by atoms with van der Waals surface area (Å²) in [5.41, 5.74) is 0. The van der Waals surface area contributed by atoms with E-state index in [0.717, 1.165) is 6.42 Å². The lowest BCUT2D eigenvalue weighted by Gasteiger charge is -2.07. The van der Waals surface area contributed by atoms with E-state index >= 15 is 0 Å². The molecule has 0 unspecified atom stereocenters. The maximum atomic E-state index is 11.1. The molecule has 0 bridgehead atoms. The molecule has 1 aliphatic heterocycles. The second-order valence-electron chi connectivity index (χ2n) is 2.68. The van der Waals surface area contributed by atoms with Gasteiger partial charge in [0.2, 0.25) is 0 Å². The molecule has 1 atom stereocenters. The van der Waals surface area contributed by atoms with Gasteiger partial charge in [0.05, 0.1) is 6.61 Å². The zero-order chi connectivity index (χ0) is 8.97. The largest absolute Gasteiger partial charge is 0.463 e. The lowest BCUT2D eigenvalue weighted by molar-refractivity contribution is -0.161. The van der Waals surface area contributed by atoms with Gasteiger partial charge in [0, 0.05) is 12.8 Å². The molecule has 0 aliphatic carbocycles. The minimum Gasteiger partial charge on any atom is -0.463 e. The Hall–Kier alpha value is -1.06. The average Bonchev–Trinajstić information content (AvgIpc) is 2.47. The van der Waals surface area contributed by atoms with Crippen molar-refractivity contribution >= 4 is 11.9 Å². The highest BCUT2D eigenvalue weighted by Crippen LogP contribution is 2.14. The van der Waals surface area contributed by atoms with Crippen LogP contribution in [0.5, 0.6) is 0 Å². The minimum atomic E-state index is -0.649. The van der Waals surface area contributed by atoms with Crippen LogP contribution in [-0.4, -0.2) is 24.6 Å². The Morgan fingerprint density at radius 2 is 2.50 bits per heavy atom. The standard InChI is InChI=1S/C8H12O4/c1-2-5-11-8(10)6-3-4-7(9)12-6/h6H,2-5H2,1H3/t6-/m0/s1. The van der Waals surface area contributed by atoms with E-state index in [1.807, 2.05) is 6.92 Å². The minimum absolute atomic E-state index is 0.312. The van der Waals surface area contributed by atoms with Gasteiger partial charge in [-0.05, 0) is 6.42 Å². The fourth-order valence-electron chi connectivity index (χ4n) is 0.987. The Labute approximate surface area is 70.8 Å². The zero-order valence-electron chi connectivity index (χ0n) is 7.04.